The molecule has 0 heterocycles. The minimum Gasteiger partial charge on any atom is -0.312 e. The van der Waals surface area contributed by atoms with Crippen LogP contribution in [0.15, 0.2) is 22.7 Å². The lowest BCUT2D eigenvalue weighted by atomic mass is 10.3. The summed E-state index contributed by atoms with van der Waals surface area (Å²) < 4.78 is 13.8. The molecule has 1 aromatic carbocycles. The Bertz CT molecular complexity index is 423. The first-order valence-electron chi connectivity index (χ1n) is 3.51. The zero-order valence-electron chi connectivity index (χ0n) is 6.77. The number of nitrogens with one attached hydrogen (secondary N) is 1. The van der Waals surface area contributed by atoms with Crippen molar-refractivity contribution in [3.63, 3.8) is 0 Å². The number of benzene rings is 1. The molecular formula is C9H4Br2FNO. The fourth-order valence-corrected chi connectivity index (χ4v) is 1.33. The van der Waals surface area contributed by atoms with E-state index in [0.717, 1.165) is 0 Å². The molecule has 1 amide bonds. The third-order valence-corrected chi connectivity index (χ3v) is 2.03. The Kier molecular flexibility index (Phi) is 4.11. The average Bonchev–Trinajstić information content (AvgIpc) is 2.12. The second-order valence-electron chi connectivity index (χ2n) is 2.30. The monoisotopic (exact) mass is 319 g/mol. The summed E-state index contributed by atoms with van der Waals surface area (Å²) in [6.45, 7) is 0. The highest BCUT2D eigenvalue weighted by atomic mass is 79.9. The van der Waals surface area contributed by atoms with E-state index in [2.05, 4.69) is 47.9 Å². The van der Waals surface area contributed by atoms with E-state index >= 15 is 0 Å². The first-order chi connectivity index (χ1) is 6.63. The molecule has 1 aromatic rings. The van der Waals surface area contributed by atoms with Gasteiger partial charge in [-0.3, -0.25) is 4.79 Å². The molecule has 0 bridgehead atoms. The largest absolute Gasteiger partial charge is 0.312 e. The number of carbonyl (C=O) groups excluding carboxylic acids is 1. The fraction of sp³-hybridized carbons (Fsp3) is 0. The third-order valence-electron chi connectivity index (χ3n) is 1.34. The van der Waals surface area contributed by atoms with Gasteiger partial charge in [-0.2, -0.15) is 0 Å². The first kappa shape index (κ1) is 11.2. The van der Waals surface area contributed by atoms with Crippen LogP contribution in [-0.2, 0) is 4.79 Å². The van der Waals surface area contributed by atoms with Crippen LogP contribution in [0.3, 0.4) is 0 Å². The summed E-state index contributed by atoms with van der Waals surface area (Å²) in [6.07, 6.45) is 0. The maximum absolute atomic E-state index is 13.1. The van der Waals surface area contributed by atoms with Crippen LogP contribution in [0.4, 0.5) is 10.1 Å². The highest BCUT2D eigenvalue weighted by Crippen LogP contribution is 2.19. The Morgan fingerprint density at radius 2 is 2.21 bits per heavy atom. The highest BCUT2D eigenvalue weighted by Gasteiger charge is 2.04. The number of carbonyl (C=O) groups is 1. The van der Waals surface area contributed by atoms with Crippen LogP contribution in [0, 0.1) is 16.6 Å². The summed E-state index contributed by atoms with van der Waals surface area (Å²) in [7, 11) is 0. The number of halogens is 3. The number of anilines is 1. The smallest absolute Gasteiger partial charge is 0.301 e. The van der Waals surface area contributed by atoms with Gasteiger partial charge in [-0.05, 0) is 23.0 Å². The lowest BCUT2D eigenvalue weighted by Gasteiger charge is -2.02. The third kappa shape index (κ3) is 3.13. The minimum absolute atomic E-state index is 0.0969. The standard InChI is InChI=1S/C9H4Br2FNO/c10-4-3-9(14)13-8-5-6(11)1-2-7(8)12/h1-2,5H,(H,13,14). The Morgan fingerprint density at radius 3 is 2.86 bits per heavy atom. The van der Waals surface area contributed by atoms with Crippen molar-refractivity contribution in [3.8, 4) is 10.8 Å². The van der Waals surface area contributed by atoms with E-state index in [0.29, 0.717) is 4.47 Å². The van der Waals surface area contributed by atoms with Crippen LogP contribution < -0.4 is 5.32 Å². The van der Waals surface area contributed by atoms with Gasteiger partial charge < -0.3 is 5.32 Å². The minimum atomic E-state index is -0.570. The average molecular weight is 321 g/mol. The van der Waals surface area contributed by atoms with Gasteiger partial charge in [0.05, 0.1) is 5.69 Å². The molecule has 0 aliphatic heterocycles. The second-order valence-corrected chi connectivity index (χ2v) is 3.61. The van der Waals surface area contributed by atoms with E-state index in [1.165, 1.54) is 12.1 Å². The summed E-state index contributed by atoms with van der Waals surface area (Å²) >= 11 is 5.93. The van der Waals surface area contributed by atoms with Gasteiger partial charge in [0.2, 0.25) is 0 Å². The van der Waals surface area contributed by atoms with E-state index in [-0.39, 0.29) is 5.69 Å². The van der Waals surface area contributed by atoms with Gasteiger partial charge in [-0.1, -0.05) is 15.9 Å². The number of hydrogen-bond acceptors (Lipinski definition) is 1. The van der Waals surface area contributed by atoms with Gasteiger partial charge in [-0.15, -0.1) is 0 Å². The Balaban J connectivity index is 2.89. The Hall–Kier alpha value is -0.860. The quantitative estimate of drug-likeness (QED) is 0.792. The summed E-state index contributed by atoms with van der Waals surface area (Å²) in [5.74, 6) is 1.10. The van der Waals surface area contributed by atoms with Gasteiger partial charge >= 0.3 is 5.91 Å². The molecule has 5 heteroatoms. The van der Waals surface area contributed by atoms with Crippen molar-refractivity contribution in [3.05, 3.63) is 28.5 Å². The number of rotatable bonds is 1. The number of hydrogen-bond donors (Lipinski definition) is 1. The van der Waals surface area contributed by atoms with Crippen molar-refractivity contribution >= 4 is 43.5 Å². The van der Waals surface area contributed by atoms with Crippen LogP contribution in [0.1, 0.15) is 0 Å². The first-order valence-corrected chi connectivity index (χ1v) is 5.10. The molecule has 0 saturated carbocycles. The zero-order chi connectivity index (χ0) is 10.6. The molecule has 0 radical (unpaired) electrons. The van der Waals surface area contributed by atoms with Gasteiger partial charge in [0.1, 0.15) is 5.82 Å². The lowest BCUT2D eigenvalue weighted by molar-refractivity contribution is -0.111. The van der Waals surface area contributed by atoms with Crippen LogP contribution in [0.25, 0.3) is 0 Å². The normalized spacial score (nSPS) is 8.79. The van der Waals surface area contributed by atoms with E-state index in [1.807, 2.05) is 0 Å². The molecule has 2 nitrogen and oxygen atoms in total. The molecule has 0 fully saturated rings. The van der Waals surface area contributed by atoms with E-state index in [9.17, 15) is 9.18 Å². The van der Waals surface area contributed by atoms with Crippen molar-refractivity contribution in [1.29, 1.82) is 0 Å². The zero-order valence-corrected chi connectivity index (χ0v) is 9.95. The molecule has 0 spiro atoms. The molecule has 0 atom stereocenters. The summed E-state index contributed by atoms with van der Waals surface area (Å²) in [5.41, 5.74) is 0.0969. The van der Waals surface area contributed by atoms with Crippen molar-refractivity contribution in [2.45, 2.75) is 0 Å². The predicted molar refractivity (Wildman–Crippen MR) is 59.4 cm³/mol. The van der Waals surface area contributed by atoms with Crippen LogP contribution in [0.2, 0.25) is 0 Å². The van der Waals surface area contributed by atoms with E-state index < -0.39 is 11.7 Å². The van der Waals surface area contributed by atoms with Crippen LogP contribution >= 0.6 is 31.9 Å². The molecule has 1 rings (SSSR count). The lowest BCUT2D eigenvalue weighted by Crippen LogP contribution is -2.09. The molecular weight excluding hydrogens is 317 g/mol. The van der Waals surface area contributed by atoms with Crippen molar-refractivity contribution in [1.82, 2.24) is 0 Å². The van der Waals surface area contributed by atoms with Gasteiger partial charge in [0.15, 0.2) is 0 Å². The molecule has 14 heavy (non-hydrogen) atoms. The van der Waals surface area contributed by atoms with Gasteiger partial charge in [-0.25, -0.2) is 4.39 Å². The molecule has 0 aliphatic carbocycles. The molecule has 0 saturated heterocycles. The molecule has 0 aliphatic rings. The van der Waals surface area contributed by atoms with E-state index in [4.69, 9.17) is 0 Å². The SMILES string of the molecule is O=C(C#CBr)Nc1cc(Br)ccc1F. The fourth-order valence-electron chi connectivity index (χ4n) is 0.790. The summed E-state index contributed by atoms with van der Waals surface area (Å²) in [6, 6.07) is 4.26. The topological polar surface area (TPSA) is 29.1 Å². The molecule has 72 valence electrons. The van der Waals surface area contributed by atoms with E-state index in [1.54, 1.807) is 6.07 Å². The highest BCUT2D eigenvalue weighted by molar-refractivity contribution is 9.12. The Labute approximate surface area is 97.1 Å². The van der Waals surface area contributed by atoms with Crippen molar-refractivity contribution in [2.75, 3.05) is 5.32 Å². The van der Waals surface area contributed by atoms with Crippen LogP contribution in [0.5, 0.6) is 0 Å². The second kappa shape index (κ2) is 5.13. The predicted octanol–water partition coefficient (Wildman–Crippen LogP) is 2.88. The van der Waals surface area contributed by atoms with Crippen molar-refractivity contribution in [2.24, 2.45) is 0 Å². The Morgan fingerprint density at radius 1 is 1.50 bits per heavy atom. The maximum Gasteiger partial charge on any atom is 0.301 e. The summed E-state index contributed by atoms with van der Waals surface area (Å²) in [4.78, 5) is 13.2. The molecule has 0 unspecified atom stereocenters. The molecule has 0 aromatic heterocycles. The maximum atomic E-state index is 13.1. The van der Waals surface area contributed by atoms with Crippen molar-refractivity contribution < 1.29 is 9.18 Å². The number of amides is 1. The van der Waals surface area contributed by atoms with Gasteiger partial charge in [0, 0.05) is 26.3 Å². The summed E-state index contributed by atoms with van der Waals surface area (Å²) in [5, 5.41) is 2.30. The molecule has 1 N–H and O–H groups in total. The van der Waals surface area contributed by atoms with Gasteiger partial charge in [0.25, 0.3) is 0 Å². The van der Waals surface area contributed by atoms with Crippen LogP contribution in [-0.4, -0.2) is 5.91 Å².